The Hall–Kier alpha value is -3.14. The summed E-state index contributed by atoms with van der Waals surface area (Å²) < 4.78 is 0. The number of phenolic OH excluding ortho intramolecular Hbond substituents is 1. The topological polar surface area (TPSA) is 50.9 Å². The van der Waals surface area contributed by atoms with Gasteiger partial charge in [0.25, 0.3) is 0 Å². The van der Waals surface area contributed by atoms with Crippen molar-refractivity contribution in [3.8, 4) is 11.4 Å². The monoisotopic (exact) mass is 441 g/mol. The molecule has 0 saturated heterocycles. The van der Waals surface area contributed by atoms with Gasteiger partial charge < -0.3 is 5.11 Å². The molecule has 4 heteroatoms. The van der Waals surface area contributed by atoms with Crippen molar-refractivity contribution in [1.82, 2.24) is 15.0 Å². The van der Waals surface area contributed by atoms with E-state index in [1.807, 2.05) is 24.3 Å². The molecule has 0 radical (unpaired) electrons. The molecule has 0 aliphatic heterocycles. The maximum absolute atomic E-state index is 11.4. The highest BCUT2D eigenvalue weighted by Gasteiger charge is 2.29. The predicted molar refractivity (Wildman–Crippen MR) is 136 cm³/mol. The zero-order valence-electron chi connectivity index (χ0n) is 20.9. The van der Waals surface area contributed by atoms with Crippen molar-refractivity contribution in [1.29, 1.82) is 0 Å². The summed E-state index contributed by atoms with van der Waals surface area (Å²) in [7, 11) is 0. The van der Waals surface area contributed by atoms with Gasteiger partial charge >= 0.3 is 0 Å². The Morgan fingerprint density at radius 1 is 0.818 bits per heavy atom. The summed E-state index contributed by atoms with van der Waals surface area (Å²) in [6.07, 6.45) is 1.67. The Bertz CT molecular complexity index is 1280. The molecule has 0 aliphatic rings. The summed E-state index contributed by atoms with van der Waals surface area (Å²) in [5, 5.41) is 20.7. The van der Waals surface area contributed by atoms with Gasteiger partial charge in [-0.15, -0.1) is 15.0 Å². The highest BCUT2D eigenvalue weighted by molar-refractivity contribution is 5.73. The fourth-order valence-electron chi connectivity index (χ4n) is 4.96. The number of hydrogen-bond acceptors (Lipinski definition) is 3. The molecule has 0 saturated carbocycles. The van der Waals surface area contributed by atoms with Gasteiger partial charge in [0.2, 0.25) is 0 Å². The quantitative estimate of drug-likeness (QED) is 0.361. The lowest BCUT2D eigenvalue weighted by atomic mass is 9.72. The maximum Gasteiger partial charge on any atom is 0.146 e. The van der Waals surface area contributed by atoms with Crippen molar-refractivity contribution in [2.45, 2.75) is 66.7 Å². The second-order valence-corrected chi connectivity index (χ2v) is 11.1. The average Bonchev–Trinajstić information content (AvgIpc) is 3.15. The number of aromatic nitrogens is 3. The minimum atomic E-state index is -0.0797. The first-order valence-electron chi connectivity index (χ1n) is 11.7. The highest BCUT2D eigenvalue weighted by atomic mass is 16.3. The van der Waals surface area contributed by atoms with Crippen LogP contribution in [-0.2, 0) is 11.8 Å². The number of benzene rings is 3. The van der Waals surface area contributed by atoms with Crippen LogP contribution in [0.3, 0.4) is 0 Å². The molecule has 1 heterocycles. The van der Waals surface area contributed by atoms with Gasteiger partial charge in [0, 0.05) is 12.0 Å². The predicted octanol–water partition coefficient (Wildman–Crippen LogP) is 7.05. The lowest BCUT2D eigenvalue weighted by Crippen LogP contribution is -2.25. The van der Waals surface area contributed by atoms with Crippen LogP contribution in [0.25, 0.3) is 16.7 Å². The molecular weight excluding hydrogens is 406 g/mol. The number of aryl methyl sites for hydroxylation is 1. The van der Waals surface area contributed by atoms with Gasteiger partial charge in [0.1, 0.15) is 22.5 Å². The van der Waals surface area contributed by atoms with E-state index in [1.54, 1.807) is 4.80 Å². The van der Waals surface area contributed by atoms with Crippen molar-refractivity contribution in [2.24, 2.45) is 5.41 Å². The normalized spacial score (nSPS) is 12.5. The molecule has 172 valence electrons. The van der Waals surface area contributed by atoms with Crippen LogP contribution in [0.1, 0.15) is 68.9 Å². The Kier molecular flexibility index (Phi) is 5.81. The van der Waals surface area contributed by atoms with Gasteiger partial charge in [-0.25, -0.2) is 0 Å². The molecule has 4 rings (SSSR count). The van der Waals surface area contributed by atoms with Crippen molar-refractivity contribution < 1.29 is 5.11 Å². The van der Waals surface area contributed by atoms with Gasteiger partial charge in [-0.05, 0) is 71.6 Å². The van der Waals surface area contributed by atoms with Gasteiger partial charge in [-0.3, -0.25) is 0 Å². The fraction of sp³-hybridized carbons (Fsp3) is 0.379. The molecule has 0 bridgehead atoms. The van der Waals surface area contributed by atoms with Crippen LogP contribution in [0.15, 0.2) is 54.6 Å². The van der Waals surface area contributed by atoms with E-state index in [9.17, 15) is 5.11 Å². The molecule has 4 nitrogen and oxygen atoms in total. The van der Waals surface area contributed by atoms with Crippen LogP contribution in [0, 0.1) is 19.3 Å². The Labute approximate surface area is 197 Å². The summed E-state index contributed by atoms with van der Waals surface area (Å²) in [6.45, 7) is 15.7. The molecule has 1 N–H and O–H groups in total. The summed E-state index contributed by atoms with van der Waals surface area (Å²) in [6, 6.07) is 18.4. The first-order chi connectivity index (χ1) is 15.4. The fourth-order valence-corrected chi connectivity index (χ4v) is 4.96. The summed E-state index contributed by atoms with van der Waals surface area (Å²) in [5.74, 6) is 0.242. The number of hydrogen-bond donors (Lipinski definition) is 1. The molecule has 4 aromatic rings. The van der Waals surface area contributed by atoms with Crippen LogP contribution >= 0.6 is 0 Å². The molecule has 0 fully saturated rings. The second kappa shape index (κ2) is 8.33. The summed E-state index contributed by atoms with van der Waals surface area (Å²) in [4.78, 5) is 1.59. The lowest BCUT2D eigenvalue weighted by Gasteiger charge is -2.33. The van der Waals surface area contributed by atoms with E-state index in [2.05, 4.69) is 89.0 Å². The molecule has 0 amide bonds. The van der Waals surface area contributed by atoms with Gasteiger partial charge in [-0.1, -0.05) is 71.0 Å². The first kappa shape index (κ1) is 23.0. The standard InChI is InChI=1S/C29H35N3O/c1-19-11-10-12-21(20(19)2)15-22-16-23(29(6,7)18-28(3,4)5)17-26(27(22)33)32-30-24-13-8-9-14-25(24)31-32/h8-14,16-17,33H,15,18H2,1-7H3. The van der Waals surface area contributed by atoms with Gasteiger partial charge in [-0.2, -0.15) is 0 Å². The molecule has 3 aromatic carbocycles. The van der Waals surface area contributed by atoms with E-state index in [1.165, 1.54) is 22.3 Å². The van der Waals surface area contributed by atoms with Gasteiger partial charge in [0.15, 0.2) is 0 Å². The largest absolute Gasteiger partial charge is 0.505 e. The maximum atomic E-state index is 11.4. The molecule has 33 heavy (non-hydrogen) atoms. The Morgan fingerprint density at radius 2 is 1.45 bits per heavy atom. The number of nitrogens with zero attached hydrogens (tertiary/aromatic N) is 3. The van der Waals surface area contributed by atoms with Gasteiger partial charge in [0.05, 0.1) is 0 Å². The van der Waals surface area contributed by atoms with E-state index >= 15 is 0 Å². The smallest absolute Gasteiger partial charge is 0.146 e. The minimum absolute atomic E-state index is 0.0797. The highest BCUT2D eigenvalue weighted by Crippen LogP contribution is 2.40. The molecule has 0 spiro atoms. The van der Waals surface area contributed by atoms with E-state index in [4.69, 9.17) is 0 Å². The number of aromatic hydroxyl groups is 1. The minimum Gasteiger partial charge on any atom is -0.505 e. The average molecular weight is 442 g/mol. The van der Waals surface area contributed by atoms with E-state index in [-0.39, 0.29) is 16.6 Å². The zero-order valence-corrected chi connectivity index (χ0v) is 20.9. The third-order valence-electron chi connectivity index (χ3n) is 6.52. The van der Waals surface area contributed by atoms with Crippen molar-refractivity contribution >= 4 is 11.0 Å². The van der Waals surface area contributed by atoms with Crippen LogP contribution in [0.2, 0.25) is 0 Å². The van der Waals surface area contributed by atoms with E-state index < -0.39 is 0 Å². The van der Waals surface area contributed by atoms with Crippen LogP contribution in [-0.4, -0.2) is 20.1 Å². The summed E-state index contributed by atoms with van der Waals surface area (Å²) >= 11 is 0. The molecule has 0 aliphatic carbocycles. The molecular formula is C29H35N3O. The first-order valence-corrected chi connectivity index (χ1v) is 11.7. The van der Waals surface area contributed by atoms with Crippen LogP contribution < -0.4 is 0 Å². The van der Waals surface area contributed by atoms with E-state index in [0.717, 1.165) is 23.0 Å². The zero-order chi connectivity index (χ0) is 24.0. The SMILES string of the molecule is Cc1cccc(Cc2cc(C(C)(C)CC(C)(C)C)cc(-n3nc4ccccc4n3)c2O)c1C. The number of fused-ring (bicyclic) bond motifs is 1. The van der Waals surface area contributed by atoms with E-state index in [0.29, 0.717) is 12.1 Å². The molecule has 0 atom stereocenters. The Balaban J connectivity index is 1.89. The van der Waals surface area contributed by atoms with Crippen LogP contribution in [0.4, 0.5) is 0 Å². The lowest BCUT2D eigenvalue weighted by molar-refractivity contribution is 0.284. The van der Waals surface area contributed by atoms with Crippen molar-refractivity contribution in [3.05, 3.63) is 82.4 Å². The second-order valence-electron chi connectivity index (χ2n) is 11.1. The Morgan fingerprint density at radius 3 is 2.06 bits per heavy atom. The van der Waals surface area contributed by atoms with Crippen molar-refractivity contribution in [3.63, 3.8) is 0 Å². The van der Waals surface area contributed by atoms with Crippen molar-refractivity contribution in [2.75, 3.05) is 0 Å². The third-order valence-corrected chi connectivity index (χ3v) is 6.52. The third kappa shape index (κ3) is 4.80. The number of phenols is 1. The molecule has 1 aromatic heterocycles. The van der Waals surface area contributed by atoms with Crippen LogP contribution in [0.5, 0.6) is 5.75 Å². The number of rotatable bonds is 5. The summed E-state index contributed by atoms with van der Waals surface area (Å²) in [5.41, 5.74) is 8.19. The molecule has 0 unspecified atom stereocenters.